The van der Waals surface area contributed by atoms with Gasteiger partial charge >= 0.3 is 6.03 Å². The van der Waals surface area contributed by atoms with Crippen LogP contribution in [0.5, 0.6) is 0 Å². The summed E-state index contributed by atoms with van der Waals surface area (Å²) in [5, 5.41) is 10.00. The molecular weight excluding hydrogens is 346 g/mol. The first-order valence-corrected chi connectivity index (χ1v) is 8.40. The number of nitrogens with one attached hydrogen (secondary N) is 2. The van der Waals surface area contributed by atoms with Gasteiger partial charge in [0.2, 0.25) is 11.3 Å². The first kappa shape index (κ1) is 18.1. The van der Waals surface area contributed by atoms with Gasteiger partial charge < -0.3 is 16.4 Å². The fourth-order valence-electron chi connectivity index (χ4n) is 2.68. The molecule has 0 aliphatic rings. The number of hydrogen-bond acceptors (Lipinski definition) is 4. The van der Waals surface area contributed by atoms with Gasteiger partial charge in [0, 0.05) is 24.0 Å². The van der Waals surface area contributed by atoms with E-state index >= 15 is 0 Å². The van der Waals surface area contributed by atoms with Crippen molar-refractivity contribution in [3.63, 3.8) is 0 Å². The van der Waals surface area contributed by atoms with Crippen LogP contribution in [0.15, 0.2) is 59.5 Å². The molecule has 0 spiro atoms. The van der Waals surface area contributed by atoms with Crippen LogP contribution in [0.2, 0.25) is 0 Å². The van der Waals surface area contributed by atoms with E-state index in [2.05, 4.69) is 15.7 Å². The first-order valence-electron chi connectivity index (χ1n) is 8.40. The van der Waals surface area contributed by atoms with Gasteiger partial charge in [0.1, 0.15) is 0 Å². The molecule has 138 valence electrons. The molecule has 0 aliphatic heterocycles. The highest BCUT2D eigenvalue weighted by atomic mass is 16.2. The van der Waals surface area contributed by atoms with Gasteiger partial charge in [-0.05, 0) is 29.8 Å². The molecule has 2 aromatic carbocycles. The quantitative estimate of drug-likeness (QED) is 0.614. The smallest absolute Gasteiger partial charge is 0.316 e. The van der Waals surface area contributed by atoms with Gasteiger partial charge in [-0.15, -0.1) is 0 Å². The summed E-state index contributed by atoms with van der Waals surface area (Å²) in [6.45, 7) is 0.738. The number of rotatable bonds is 6. The van der Waals surface area contributed by atoms with E-state index in [4.69, 9.17) is 5.73 Å². The molecule has 27 heavy (non-hydrogen) atoms. The van der Waals surface area contributed by atoms with Gasteiger partial charge in [-0.25, -0.2) is 4.79 Å². The summed E-state index contributed by atoms with van der Waals surface area (Å²) in [5.41, 5.74) is 7.10. The van der Waals surface area contributed by atoms with Crippen molar-refractivity contribution in [3.8, 4) is 0 Å². The normalized spacial score (nSPS) is 10.5. The molecule has 1 heterocycles. The van der Waals surface area contributed by atoms with E-state index in [-0.39, 0.29) is 17.8 Å². The number of nitrogens with two attached hydrogens (primary N) is 1. The van der Waals surface area contributed by atoms with Gasteiger partial charge in [0.15, 0.2) is 0 Å². The molecule has 3 amide bonds. The zero-order valence-electron chi connectivity index (χ0n) is 14.5. The van der Waals surface area contributed by atoms with Crippen LogP contribution in [0.3, 0.4) is 0 Å². The molecule has 0 radical (unpaired) electrons. The molecule has 0 unspecified atom stereocenters. The molecule has 8 heteroatoms. The average Bonchev–Trinajstić information content (AvgIpc) is 2.67. The first-order chi connectivity index (χ1) is 13.0. The molecule has 0 saturated carbocycles. The van der Waals surface area contributed by atoms with Gasteiger partial charge in [-0.2, -0.15) is 5.10 Å². The van der Waals surface area contributed by atoms with Gasteiger partial charge in [0.05, 0.1) is 18.3 Å². The molecule has 3 rings (SSSR count). The lowest BCUT2D eigenvalue weighted by atomic mass is 10.2. The third-order valence-corrected chi connectivity index (χ3v) is 4.02. The Hall–Kier alpha value is -3.68. The van der Waals surface area contributed by atoms with Crippen molar-refractivity contribution in [1.29, 1.82) is 0 Å². The van der Waals surface area contributed by atoms with Crippen molar-refractivity contribution in [3.05, 3.63) is 70.5 Å². The van der Waals surface area contributed by atoms with Gasteiger partial charge in [-0.3, -0.25) is 14.3 Å². The average molecular weight is 365 g/mol. The molecule has 3 aromatic rings. The summed E-state index contributed by atoms with van der Waals surface area (Å²) < 4.78 is 1.65. The number of benzene rings is 2. The van der Waals surface area contributed by atoms with Crippen LogP contribution in [-0.4, -0.2) is 21.7 Å². The molecule has 8 nitrogen and oxygen atoms in total. The number of carbonyl (C=O) groups excluding carboxylic acids is 2. The van der Waals surface area contributed by atoms with E-state index in [1.54, 1.807) is 41.1 Å². The van der Waals surface area contributed by atoms with Crippen LogP contribution in [0.1, 0.15) is 12.0 Å². The summed E-state index contributed by atoms with van der Waals surface area (Å²) >= 11 is 0. The van der Waals surface area contributed by atoms with Crippen LogP contribution in [-0.2, 0) is 17.9 Å². The highest BCUT2D eigenvalue weighted by Gasteiger charge is 2.06. The third-order valence-electron chi connectivity index (χ3n) is 4.02. The third kappa shape index (κ3) is 4.69. The molecule has 0 fully saturated rings. The molecule has 4 N–H and O–H groups in total. The van der Waals surface area contributed by atoms with Crippen LogP contribution in [0.4, 0.5) is 10.5 Å². The number of primary amides is 1. The number of carbonyl (C=O) groups is 2. The van der Waals surface area contributed by atoms with Gasteiger partial charge in [-0.1, -0.05) is 24.3 Å². The Balaban J connectivity index is 1.55. The van der Waals surface area contributed by atoms with Crippen LogP contribution < -0.4 is 21.8 Å². The second-order valence-corrected chi connectivity index (χ2v) is 5.96. The van der Waals surface area contributed by atoms with Crippen LogP contribution in [0, 0.1) is 0 Å². The Morgan fingerprint density at radius 3 is 2.56 bits per heavy atom. The fourth-order valence-corrected chi connectivity index (χ4v) is 2.68. The number of para-hydroxylation sites is 1. The molecule has 0 bridgehead atoms. The van der Waals surface area contributed by atoms with Gasteiger partial charge in [0.25, 0.3) is 0 Å². The summed E-state index contributed by atoms with van der Waals surface area (Å²) in [7, 11) is 0. The highest BCUT2D eigenvalue weighted by molar-refractivity contribution is 5.87. The minimum Gasteiger partial charge on any atom is -0.352 e. The lowest BCUT2D eigenvalue weighted by molar-refractivity contribution is -0.121. The van der Waals surface area contributed by atoms with Crippen molar-refractivity contribution in [2.45, 2.75) is 19.5 Å². The number of urea groups is 1. The van der Waals surface area contributed by atoms with Crippen LogP contribution in [0.25, 0.3) is 10.9 Å². The summed E-state index contributed by atoms with van der Waals surface area (Å²) in [4.78, 5) is 34.7. The van der Waals surface area contributed by atoms with E-state index < -0.39 is 6.03 Å². The second-order valence-electron chi connectivity index (χ2n) is 5.96. The number of amides is 3. The van der Waals surface area contributed by atoms with E-state index in [0.717, 1.165) is 5.56 Å². The zero-order chi connectivity index (χ0) is 19.2. The van der Waals surface area contributed by atoms with Crippen molar-refractivity contribution >= 4 is 28.5 Å². The fraction of sp³-hybridized carbons (Fsp3) is 0.158. The molecule has 0 atom stereocenters. The lowest BCUT2D eigenvalue weighted by Crippen LogP contribution is -2.25. The summed E-state index contributed by atoms with van der Waals surface area (Å²) in [5.74, 6) is -0.126. The number of hydrogen-bond donors (Lipinski definition) is 3. The second kappa shape index (κ2) is 8.13. The van der Waals surface area contributed by atoms with E-state index in [0.29, 0.717) is 29.7 Å². The monoisotopic (exact) mass is 365 g/mol. The highest BCUT2D eigenvalue weighted by Crippen LogP contribution is 2.10. The van der Waals surface area contributed by atoms with E-state index in [1.165, 1.54) is 6.20 Å². The molecule has 0 saturated heterocycles. The van der Waals surface area contributed by atoms with E-state index in [1.807, 2.05) is 12.1 Å². The minimum absolute atomic E-state index is 0.126. The maximum Gasteiger partial charge on any atom is 0.316 e. The predicted molar refractivity (Wildman–Crippen MR) is 102 cm³/mol. The number of fused-ring (bicyclic) bond motifs is 1. The maximum absolute atomic E-state index is 12.1. The number of aryl methyl sites for hydroxylation is 1. The Morgan fingerprint density at radius 2 is 1.81 bits per heavy atom. The van der Waals surface area contributed by atoms with Crippen molar-refractivity contribution in [1.82, 2.24) is 15.1 Å². The Bertz CT molecular complexity index is 1030. The largest absolute Gasteiger partial charge is 0.352 e. The van der Waals surface area contributed by atoms with Crippen LogP contribution >= 0.6 is 0 Å². The van der Waals surface area contributed by atoms with Crippen molar-refractivity contribution in [2.24, 2.45) is 5.73 Å². The number of nitrogens with zero attached hydrogens (tertiary/aromatic N) is 2. The summed E-state index contributed by atoms with van der Waals surface area (Å²) in [6.07, 6.45) is 1.50. The minimum atomic E-state index is -0.625. The number of anilines is 1. The topological polar surface area (TPSA) is 119 Å². The Labute approximate surface area is 155 Å². The number of aromatic nitrogens is 2. The van der Waals surface area contributed by atoms with Crippen molar-refractivity contribution in [2.75, 3.05) is 5.32 Å². The SMILES string of the molecule is NC(=O)Nc1ccc(CNC(=O)CCn2ncc(=O)c3ccccc32)cc1. The molecule has 1 aromatic heterocycles. The lowest BCUT2D eigenvalue weighted by Gasteiger charge is -2.10. The molecular formula is C19H19N5O3. The zero-order valence-corrected chi connectivity index (χ0v) is 14.5. The van der Waals surface area contributed by atoms with Crippen molar-refractivity contribution < 1.29 is 9.59 Å². The standard InChI is InChI=1S/C19H19N5O3/c20-19(27)23-14-7-5-13(6-8-14)11-21-18(26)9-10-24-16-4-2-1-3-15(16)17(25)12-22-24/h1-8,12H,9-11H2,(H,21,26)(H3,20,23,27). The Morgan fingerprint density at radius 1 is 1.07 bits per heavy atom. The summed E-state index contributed by atoms with van der Waals surface area (Å²) in [6, 6.07) is 13.6. The molecule has 0 aliphatic carbocycles. The Kier molecular flexibility index (Phi) is 5.46. The maximum atomic E-state index is 12.1. The predicted octanol–water partition coefficient (Wildman–Crippen LogP) is 1.59. The van der Waals surface area contributed by atoms with E-state index in [9.17, 15) is 14.4 Å².